The third-order valence-corrected chi connectivity index (χ3v) is 4.09. The minimum Gasteiger partial charge on any atom is -0.383 e. The van der Waals surface area contributed by atoms with E-state index in [1.165, 1.54) is 4.88 Å². The van der Waals surface area contributed by atoms with Crippen molar-refractivity contribution in [2.45, 2.75) is 46.1 Å². The minimum absolute atomic E-state index is 0.269. The Morgan fingerprint density at radius 2 is 2.05 bits per heavy atom. The number of thiophene rings is 1. The van der Waals surface area contributed by atoms with Crippen molar-refractivity contribution in [2.75, 3.05) is 11.1 Å². The van der Waals surface area contributed by atoms with Crippen molar-refractivity contribution in [1.29, 1.82) is 0 Å². The molecule has 2 rings (SSSR count). The zero-order valence-corrected chi connectivity index (χ0v) is 13.3. The predicted molar refractivity (Wildman–Crippen MR) is 86.4 cm³/mol. The summed E-state index contributed by atoms with van der Waals surface area (Å²) in [5.41, 5.74) is 6.91. The molecule has 108 valence electrons. The highest BCUT2D eigenvalue weighted by Gasteiger charge is 2.13. The van der Waals surface area contributed by atoms with Crippen LogP contribution in [0.15, 0.2) is 17.5 Å². The van der Waals surface area contributed by atoms with Crippen LogP contribution in [0.2, 0.25) is 0 Å². The zero-order chi connectivity index (χ0) is 14.7. The molecule has 0 spiro atoms. The van der Waals surface area contributed by atoms with Crippen molar-refractivity contribution in [3.05, 3.63) is 33.8 Å². The fraction of sp³-hybridized carbons (Fsp3) is 0.467. The summed E-state index contributed by atoms with van der Waals surface area (Å²) in [6, 6.07) is 4.54. The number of nitrogens with one attached hydrogen (secondary N) is 1. The molecule has 0 radical (unpaired) electrons. The summed E-state index contributed by atoms with van der Waals surface area (Å²) >= 11 is 1.78. The Morgan fingerprint density at radius 1 is 1.30 bits per heavy atom. The topological polar surface area (TPSA) is 63.8 Å². The molecule has 4 nitrogen and oxygen atoms in total. The molecule has 0 aliphatic heterocycles. The average molecular weight is 290 g/mol. The van der Waals surface area contributed by atoms with Crippen LogP contribution in [0.3, 0.4) is 0 Å². The second-order valence-corrected chi connectivity index (χ2v) is 6.46. The Morgan fingerprint density at radius 3 is 2.65 bits per heavy atom. The third kappa shape index (κ3) is 3.48. The smallest absolute Gasteiger partial charge is 0.135 e. The summed E-state index contributed by atoms with van der Waals surface area (Å²) in [5.74, 6) is 2.48. The molecule has 2 aromatic heterocycles. The lowest BCUT2D eigenvalue weighted by Crippen LogP contribution is -2.20. The molecule has 20 heavy (non-hydrogen) atoms. The highest BCUT2D eigenvalue weighted by atomic mass is 32.1. The second kappa shape index (κ2) is 6.22. The summed E-state index contributed by atoms with van der Waals surface area (Å²) in [6.07, 6.45) is 0.984. The van der Waals surface area contributed by atoms with Gasteiger partial charge in [0.05, 0.1) is 0 Å². The predicted octanol–water partition coefficient (Wildman–Crippen LogP) is 3.60. The first-order chi connectivity index (χ1) is 9.47. The van der Waals surface area contributed by atoms with Gasteiger partial charge in [-0.15, -0.1) is 11.3 Å². The van der Waals surface area contributed by atoms with Crippen molar-refractivity contribution in [2.24, 2.45) is 0 Å². The molecule has 3 N–H and O–H groups in total. The van der Waals surface area contributed by atoms with E-state index in [0.29, 0.717) is 11.9 Å². The lowest BCUT2D eigenvalue weighted by atomic mass is 10.1. The van der Waals surface area contributed by atoms with Crippen molar-refractivity contribution in [1.82, 2.24) is 9.97 Å². The first-order valence-electron chi connectivity index (χ1n) is 6.90. The van der Waals surface area contributed by atoms with Crippen molar-refractivity contribution >= 4 is 23.0 Å². The van der Waals surface area contributed by atoms with E-state index in [-0.39, 0.29) is 5.92 Å². The molecular formula is C15H22N4S. The number of rotatable bonds is 5. The number of nitrogens with zero attached hydrogens (tertiary/aromatic N) is 2. The molecule has 0 aromatic carbocycles. The minimum atomic E-state index is 0.269. The van der Waals surface area contributed by atoms with Crippen LogP contribution in [0.4, 0.5) is 11.6 Å². The van der Waals surface area contributed by atoms with Gasteiger partial charge in [0.25, 0.3) is 0 Å². The molecule has 1 atom stereocenters. The Kier molecular flexibility index (Phi) is 4.60. The summed E-state index contributed by atoms with van der Waals surface area (Å²) in [6.45, 7) is 8.26. The van der Waals surface area contributed by atoms with Crippen LogP contribution in [0, 0.1) is 6.92 Å². The SMILES string of the molecule is Cc1c(N)nc(C(C)C)nc1NC(C)Cc1cccs1. The molecule has 0 bridgehead atoms. The summed E-state index contributed by atoms with van der Waals surface area (Å²) in [5, 5.41) is 5.56. The van der Waals surface area contributed by atoms with Gasteiger partial charge >= 0.3 is 0 Å². The van der Waals surface area contributed by atoms with Crippen LogP contribution in [0.25, 0.3) is 0 Å². The maximum absolute atomic E-state index is 5.98. The molecule has 0 saturated heterocycles. The van der Waals surface area contributed by atoms with E-state index in [2.05, 4.69) is 53.6 Å². The highest BCUT2D eigenvalue weighted by molar-refractivity contribution is 7.09. The van der Waals surface area contributed by atoms with Gasteiger partial charge in [-0.3, -0.25) is 0 Å². The number of nitrogens with two attached hydrogens (primary N) is 1. The number of nitrogen functional groups attached to an aromatic ring is 1. The lowest BCUT2D eigenvalue weighted by Gasteiger charge is -2.18. The molecule has 5 heteroatoms. The molecule has 2 aromatic rings. The third-order valence-electron chi connectivity index (χ3n) is 3.19. The summed E-state index contributed by atoms with van der Waals surface area (Å²) < 4.78 is 0. The van der Waals surface area contributed by atoms with E-state index in [9.17, 15) is 0 Å². The second-order valence-electron chi connectivity index (χ2n) is 5.42. The Hall–Kier alpha value is -1.62. The van der Waals surface area contributed by atoms with Gasteiger partial charge in [0, 0.05) is 28.8 Å². The largest absolute Gasteiger partial charge is 0.383 e. The van der Waals surface area contributed by atoms with Crippen LogP contribution in [0.5, 0.6) is 0 Å². The molecule has 0 amide bonds. The van der Waals surface area contributed by atoms with Crippen molar-refractivity contribution in [3.63, 3.8) is 0 Å². The molecule has 2 heterocycles. The highest BCUT2D eigenvalue weighted by Crippen LogP contribution is 2.22. The van der Waals surface area contributed by atoms with Gasteiger partial charge in [-0.05, 0) is 25.3 Å². The van der Waals surface area contributed by atoms with Crippen LogP contribution in [0.1, 0.15) is 43.0 Å². The van der Waals surface area contributed by atoms with Crippen LogP contribution >= 0.6 is 11.3 Å². The Bertz CT molecular complexity index is 564. The van der Waals surface area contributed by atoms with Crippen LogP contribution in [-0.4, -0.2) is 16.0 Å². The first-order valence-corrected chi connectivity index (χ1v) is 7.78. The normalized spacial score (nSPS) is 12.7. The monoisotopic (exact) mass is 290 g/mol. The molecule has 0 aliphatic rings. The van der Waals surface area contributed by atoms with E-state index in [1.807, 2.05) is 6.92 Å². The fourth-order valence-corrected chi connectivity index (χ4v) is 2.80. The van der Waals surface area contributed by atoms with Gasteiger partial charge in [-0.1, -0.05) is 19.9 Å². The fourth-order valence-electron chi connectivity index (χ4n) is 1.97. The average Bonchev–Trinajstić information content (AvgIpc) is 2.87. The van der Waals surface area contributed by atoms with Crippen molar-refractivity contribution < 1.29 is 0 Å². The number of aromatic nitrogens is 2. The maximum Gasteiger partial charge on any atom is 0.135 e. The van der Waals surface area contributed by atoms with Gasteiger partial charge in [0.15, 0.2) is 0 Å². The van der Waals surface area contributed by atoms with E-state index in [1.54, 1.807) is 11.3 Å². The molecule has 0 saturated carbocycles. The van der Waals surface area contributed by atoms with E-state index < -0.39 is 0 Å². The quantitative estimate of drug-likeness (QED) is 0.883. The van der Waals surface area contributed by atoms with E-state index in [0.717, 1.165) is 23.6 Å². The van der Waals surface area contributed by atoms with E-state index >= 15 is 0 Å². The number of anilines is 2. The van der Waals surface area contributed by atoms with Crippen LogP contribution in [-0.2, 0) is 6.42 Å². The van der Waals surface area contributed by atoms with Gasteiger partial charge in [0.1, 0.15) is 17.5 Å². The van der Waals surface area contributed by atoms with Crippen molar-refractivity contribution in [3.8, 4) is 0 Å². The standard InChI is InChI=1S/C15H22N4S/c1-9(2)14-18-13(16)11(4)15(19-14)17-10(3)8-12-6-5-7-20-12/h5-7,9-10H,8H2,1-4H3,(H3,16,17,18,19). The van der Waals surface area contributed by atoms with Gasteiger partial charge in [0.2, 0.25) is 0 Å². The number of hydrogen-bond acceptors (Lipinski definition) is 5. The molecule has 0 aliphatic carbocycles. The Balaban J connectivity index is 2.15. The van der Waals surface area contributed by atoms with Gasteiger partial charge in [-0.2, -0.15) is 0 Å². The molecule has 0 fully saturated rings. The summed E-state index contributed by atoms with van der Waals surface area (Å²) in [7, 11) is 0. The maximum atomic E-state index is 5.98. The zero-order valence-electron chi connectivity index (χ0n) is 12.5. The van der Waals surface area contributed by atoms with E-state index in [4.69, 9.17) is 5.73 Å². The van der Waals surface area contributed by atoms with Crippen LogP contribution < -0.4 is 11.1 Å². The molecular weight excluding hydrogens is 268 g/mol. The summed E-state index contributed by atoms with van der Waals surface area (Å²) in [4.78, 5) is 10.3. The first kappa shape index (κ1) is 14.8. The number of hydrogen-bond donors (Lipinski definition) is 2. The van der Waals surface area contributed by atoms with Gasteiger partial charge < -0.3 is 11.1 Å². The lowest BCUT2D eigenvalue weighted by molar-refractivity contribution is 0.755. The van der Waals surface area contributed by atoms with Gasteiger partial charge in [-0.25, -0.2) is 9.97 Å². The molecule has 1 unspecified atom stereocenters. The Labute approximate surface area is 124 Å².